The molecule has 0 atom stereocenters. The van der Waals surface area contributed by atoms with Gasteiger partial charge in [-0.1, -0.05) is 34.8 Å². The fraction of sp³-hybridized carbons (Fsp3) is 0.250. The van der Waals surface area contributed by atoms with Crippen LogP contribution in [-0.2, 0) is 6.54 Å². The van der Waals surface area contributed by atoms with Gasteiger partial charge in [-0.3, -0.25) is 4.79 Å². The molecule has 0 aliphatic rings. The second kappa shape index (κ2) is 6.23. The summed E-state index contributed by atoms with van der Waals surface area (Å²) in [5, 5.41) is 5.45. The average molecular weight is 262 g/mol. The van der Waals surface area contributed by atoms with Crippen LogP contribution < -0.4 is 5.73 Å². The molecule has 6 heteroatoms. The van der Waals surface area contributed by atoms with Gasteiger partial charge in [0.15, 0.2) is 5.69 Å². The summed E-state index contributed by atoms with van der Waals surface area (Å²) in [6.45, 7) is 1.47. The topological polar surface area (TPSA) is 72.1 Å². The zero-order chi connectivity index (χ0) is 12.8. The zero-order valence-electron chi connectivity index (χ0n) is 9.82. The van der Waals surface area contributed by atoms with E-state index in [4.69, 9.17) is 5.73 Å². The molecule has 1 amide bonds. The van der Waals surface area contributed by atoms with E-state index in [-0.39, 0.29) is 5.91 Å². The molecule has 94 valence electrons. The Hall–Kier alpha value is -1.79. The zero-order valence-corrected chi connectivity index (χ0v) is 10.6. The van der Waals surface area contributed by atoms with E-state index in [0.717, 1.165) is 5.56 Å². The number of hydrogen-bond donors (Lipinski definition) is 1. The first kappa shape index (κ1) is 12.7. The molecule has 0 aliphatic carbocycles. The van der Waals surface area contributed by atoms with Crippen molar-refractivity contribution in [2.75, 3.05) is 13.1 Å². The van der Waals surface area contributed by atoms with Crippen LogP contribution in [0.3, 0.4) is 0 Å². The summed E-state index contributed by atoms with van der Waals surface area (Å²) in [5.41, 5.74) is 7.00. The number of carbonyl (C=O) groups excluding carboxylic acids is 1. The van der Waals surface area contributed by atoms with Gasteiger partial charge in [-0.15, -0.1) is 5.10 Å². The van der Waals surface area contributed by atoms with Crippen LogP contribution in [0.5, 0.6) is 0 Å². The first-order valence-electron chi connectivity index (χ1n) is 5.61. The molecule has 0 spiro atoms. The van der Waals surface area contributed by atoms with Crippen LogP contribution in [0, 0.1) is 0 Å². The highest BCUT2D eigenvalue weighted by Crippen LogP contribution is 2.08. The van der Waals surface area contributed by atoms with Gasteiger partial charge in [0.05, 0.1) is 0 Å². The molecule has 0 bridgehead atoms. The Morgan fingerprint density at radius 3 is 2.72 bits per heavy atom. The van der Waals surface area contributed by atoms with Crippen molar-refractivity contribution >= 4 is 17.4 Å². The third-order valence-corrected chi connectivity index (χ3v) is 2.99. The SMILES string of the molecule is NCCN(Cc1ccccc1)C(=O)c1csnn1. The molecular weight excluding hydrogens is 248 g/mol. The summed E-state index contributed by atoms with van der Waals surface area (Å²) in [6.07, 6.45) is 0. The highest BCUT2D eigenvalue weighted by atomic mass is 32.1. The fourth-order valence-corrected chi connectivity index (χ4v) is 2.06. The summed E-state index contributed by atoms with van der Waals surface area (Å²) >= 11 is 1.17. The van der Waals surface area contributed by atoms with E-state index < -0.39 is 0 Å². The Balaban J connectivity index is 2.11. The largest absolute Gasteiger partial charge is 0.332 e. The van der Waals surface area contributed by atoms with Gasteiger partial charge >= 0.3 is 0 Å². The Bertz CT molecular complexity index is 486. The lowest BCUT2D eigenvalue weighted by Gasteiger charge is -2.20. The van der Waals surface area contributed by atoms with Crippen molar-refractivity contribution < 1.29 is 4.79 Å². The molecule has 2 rings (SSSR count). The number of hydrogen-bond acceptors (Lipinski definition) is 5. The monoisotopic (exact) mass is 262 g/mol. The van der Waals surface area contributed by atoms with Crippen molar-refractivity contribution in [1.82, 2.24) is 14.5 Å². The van der Waals surface area contributed by atoms with Gasteiger partial charge in [-0.2, -0.15) is 0 Å². The standard InChI is InChI=1S/C12H14N4OS/c13-6-7-16(8-10-4-2-1-3-5-10)12(17)11-9-18-15-14-11/h1-5,9H,6-8,13H2. The van der Waals surface area contributed by atoms with Crippen LogP contribution in [0.15, 0.2) is 35.7 Å². The Labute approximate surface area is 109 Å². The number of amides is 1. The fourth-order valence-electron chi connectivity index (χ4n) is 1.63. The lowest BCUT2D eigenvalue weighted by molar-refractivity contribution is 0.0742. The maximum absolute atomic E-state index is 12.2. The number of carbonyl (C=O) groups is 1. The normalized spacial score (nSPS) is 10.3. The molecule has 1 aromatic heterocycles. The third-order valence-electron chi connectivity index (χ3n) is 2.48. The first-order valence-corrected chi connectivity index (χ1v) is 6.45. The van der Waals surface area contributed by atoms with E-state index in [9.17, 15) is 4.79 Å². The van der Waals surface area contributed by atoms with Gasteiger partial charge in [0.2, 0.25) is 0 Å². The first-order chi connectivity index (χ1) is 8.81. The maximum atomic E-state index is 12.2. The van der Waals surface area contributed by atoms with Gasteiger partial charge < -0.3 is 10.6 Å². The van der Waals surface area contributed by atoms with Crippen molar-refractivity contribution in [3.8, 4) is 0 Å². The van der Waals surface area contributed by atoms with Gasteiger partial charge in [0.1, 0.15) is 0 Å². The Morgan fingerprint density at radius 1 is 1.33 bits per heavy atom. The lowest BCUT2D eigenvalue weighted by atomic mass is 10.2. The number of aromatic nitrogens is 2. The second-order valence-corrected chi connectivity index (χ2v) is 4.40. The smallest absolute Gasteiger partial charge is 0.275 e. The van der Waals surface area contributed by atoms with Crippen LogP contribution in [0.25, 0.3) is 0 Å². The van der Waals surface area contributed by atoms with Crippen molar-refractivity contribution in [3.05, 3.63) is 47.0 Å². The number of rotatable bonds is 5. The van der Waals surface area contributed by atoms with Crippen LogP contribution in [-0.4, -0.2) is 33.5 Å². The summed E-state index contributed by atoms with van der Waals surface area (Å²) in [7, 11) is 0. The van der Waals surface area contributed by atoms with Crippen molar-refractivity contribution in [1.29, 1.82) is 0 Å². The van der Waals surface area contributed by atoms with E-state index in [1.807, 2.05) is 30.3 Å². The molecule has 2 aromatic rings. The van der Waals surface area contributed by atoms with Crippen LogP contribution in [0.4, 0.5) is 0 Å². The molecule has 0 aliphatic heterocycles. The Morgan fingerprint density at radius 2 is 2.11 bits per heavy atom. The van der Waals surface area contributed by atoms with E-state index in [1.165, 1.54) is 11.5 Å². The highest BCUT2D eigenvalue weighted by Gasteiger charge is 2.17. The summed E-state index contributed by atoms with van der Waals surface area (Å²) in [4.78, 5) is 13.9. The second-order valence-electron chi connectivity index (χ2n) is 3.79. The van der Waals surface area contributed by atoms with E-state index >= 15 is 0 Å². The molecule has 1 heterocycles. The van der Waals surface area contributed by atoms with E-state index in [2.05, 4.69) is 9.59 Å². The van der Waals surface area contributed by atoms with Crippen molar-refractivity contribution in [3.63, 3.8) is 0 Å². The minimum absolute atomic E-state index is 0.127. The number of benzene rings is 1. The highest BCUT2D eigenvalue weighted by molar-refractivity contribution is 7.03. The van der Waals surface area contributed by atoms with Crippen LogP contribution in [0.2, 0.25) is 0 Å². The predicted molar refractivity (Wildman–Crippen MR) is 70.1 cm³/mol. The molecule has 5 nitrogen and oxygen atoms in total. The van der Waals surface area contributed by atoms with Crippen molar-refractivity contribution in [2.24, 2.45) is 5.73 Å². The number of nitrogens with zero attached hydrogens (tertiary/aromatic N) is 3. The van der Waals surface area contributed by atoms with Gasteiger partial charge in [-0.05, 0) is 17.1 Å². The Kier molecular flexibility index (Phi) is 4.38. The van der Waals surface area contributed by atoms with Gasteiger partial charge in [0, 0.05) is 25.0 Å². The van der Waals surface area contributed by atoms with Crippen LogP contribution in [0.1, 0.15) is 16.1 Å². The van der Waals surface area contributed by atoms with Gasteiger partial charge in [-0.25, -0.2) is 0 Å². The lowest BCUT2D eigenvalue weighted by Crippen LogP contribution is -2.35. The molecule has 0 fully saturated rings. The van der Waals surface area contributed by atoms with E-state index in [0.29, 0.717) is 25.3 Å². The predicted octanol–water partition coefficient (Wildman–Crippen LogP) is 1.14. The maximum Gasteiger partial charge on any atom is 0.275 e. The van der Waals surface area contributed by atoms with Crippen LogP contribution >= 0.6 is 11.5 Å². The van der Waals surface area contributed by atoms with Gasteiger partial charge in [0.25, 0.3) is 5.91 Å². The molecule has 2 N–H and O–H groups in total. The van der Waals surface area contributed by atoms with E-state index in [1.54, 1.807) is 10.3 Å². The molecule has 18 heavy (non-hydrogen) atoms. The molecule has 0 radical (unpaired) electrons. The minimum atomic E-state index is -0.127. The molecule has 1 aromatic carbocycles. The van der Waals surface area contributed by atoms with Crippen molar-refractivity contribution in [2.45, 2.75) is 6.54 Å². The summed E-state index contributed by atoms with van der Waals surface area (Å²) < 4.78 is 3.71. The summed E-state index contributed by atoms with van der Waals surface area (Å²) in [6, 6.07) is 9.81. The number of nitrogens with two attached hydrogens (primary N) is 1. The quantitative estimate of drug-likeness (QED) is 0.877. The molecular formula is C12H14N4OS. The summed E-state index contributed by atoms with van der Waals surface area (Å²) in [5.74, 6) is -0.127. The third kappa shape index (κ3) is 3.12. The minimum Gasteiger partial charge on any atom is -0.332 e. The molecule has 0 unspecified atom stereocenters. The molecule has 0 saturated carbocycles. The average Bonchev–Trinajstić information content (AvgIpc) is 2.92. The molecule has 0 saturated heterocycles.